The third-order valence-corrected chi connectivity index (χ3v) is 11.9. The average molecular weight is 469 g/mol. The molecule has 34 heavy (non-hydrogen) atoms. The molecule has 2 fully saturated rings. The van der Waals surface area contributed by atoms with Gasteiger partial charge in [0.1, 0.15) is 6.10 Å². The molecule has 7 atom stereocenters. The lowest BCUT2D eigenvalue weighted by Gasteiger charge is -2.62. The van der Waals surface area contributed by atoms with Crippen molar-refractivity contribution in [1.82, 2.24) is 0 Å². The van der Waals surface area contributed by atoms with Crippen molar-refractivity contribution in [1.29, 1.82) is 0 Å². The summed E-state index contributed by atoms with van der Waals surface area (Å²) in [5.41, 5.74) is 6.25. The topological polar surface area (TPSA) is 26.3 Å². The van der Waals surface area contributed by atoms with Gasteiger partial charge in [-0.2, -0.15) is 0 Å². The smallest absolute Gasteiger partial charge is 0.302 e. The number of fused-ring (bicyclic) bond motifs is 4. The number of allylic oxidation sites excluding steroid dienone is 4. The maximum absolute atomic E-state index is 11.8. The predicted octanol–water partition coefficient (Wildman–Crippen LogP) is 9.05. The Morgan fingerprint density at radius 3 is 2.32 bits per heavy atom. The molecule has 4 rings (SSSR count). The van der Waals surface area contributed by atoms with Gasteiger partial charge in [-0.3, -0.25) is 4.79 Å². The van der Waals surface area contributed by atoms with Crippen molar-refractivity contribution in [2.45, 2.75) is 133 Å². The molecule has 2 heteroatoms. The Balaban J connectivity index is 1.63. The summed E-state index contributed by atoms with van der Waals surface area (Å²) in [7, 11) is 0. The molecule has 2 saturated carbocycles. The fourth-order valence-corrected chi connectivity index (χ4v) is 9.86. The van der Waals surface area contributed by atoms with Crippen molar-refractivity contribution in [3.8, 4) is 0 Å². The van der Waals surface area contributed by atoms with Crippen LogP contribution in [0.25, 0.3) is 0 Å². The first-order valence-corrected chi connectivity index (χ1v) is 14.3. The molecular weight excluding hydrogens is 416 g/mol. The number of ether oxygens (including phenoxy) is 1. The van der Waals surface area contributed by atoms with E-state index in [1.165, 1.54) is 63.4 Å². The predicted molar refractivity (Wildman–Crippen MR) is 142 cm³/mol. The van der Waals surface area contributed by atoms with E-state index in [9.17, 15) is 4.79 Å². The van der Waals surface area contributed by atoms with E-state index in [-0.39, 0.29) is 22.9 Å². The molecule has 0 spiro atoms. The summed E-state index contributed by atoms with van der Waals surface area (Å²) < 4.78 is 5.87. The molecule has 0 aromatic carbocycles. The van der Waals surface area contributed by atoms with Gasteiger partial charge in [0.25, 0.3) is 0 Å². The third kappa shape index (κ3) is 3.85. The molecule has 0 aromatic rings. The minimum absolute atomic E-state index is 0.0382. The van der Waals surface area contributed by atoms with E-state index in [0.29, 0.717) is 16.7 Å². The van der Waals surface area contributed by atoms with E-state index < -0.39 is 0 Å². The Morgan fingerprint density at radius 1 is 0.971 bits per heavy atom. The lowest BCUT2D eigenvalue weighted by molar-refractivity contribution is -0.167. The van der Waals surface area contributed by atoms with E-state index in [2.05, 4.69) is 61.5 Å². The van der Waals surface area contributed by atoms with Gasteiger partial charge in [0.15, 0.2) is 0 Å². The van der Waals surface area contributed by atoms with Gasteiger partial charge in [-0.15, -0.1) is 0 Å². The van der Waals surface area contributed by atoms with Gasteiger partial charge in [0, 0.05) is 12.3 Å². The van der Waals surface area contributed by atoms with Gasteiger partial charge in [-0.05, 0) is 112 Å². The average Bonchev–Trinajstić information content (AvgIpc) is 3.01. The van der Waals surface area contributed by atoms with Crippen LogP contribution in [0.1, 0.15) is 127 Å². The highest BCUT2D eigenvalue weighted by molar-refractivity contribution is 5.66. The van der Waals surface area contributed by atoms with Crippen molar-refractivity contribution < 1.29 is 9.53 Å². The van der Waals surface area contributed by atoms with Crippen LogP contribution in [0.2, 0.25) is 0 Å². The van der Waals surface area contributed by atoms with Crippen molar-refractivity contribution in [2.24, 2.45) is 39.4 Å². The number of esters is 1. The Morgan fingerprint density at radius 2 is 1.68 bits per heavy atom. The molecule has 0 aliphatic heterocycles. The summed E-state index contributed by atoms with van der Waals surface area (Å²) in [5, 5.41) is 0. The lowest BCUT2D eigenvalue weighted by Crippen LogP contribution is -2.55. The van der Waals surface area contributed by atoms with Gasteiger partial charge in [-0.1, -0.05) is 64.3 Å². The molecule has 192 valence electrons. The summed E-state index contributed by atoms with van der Waals surface area (Å²) in [5.74, 6) is 2.13. The third-order valence-electron chi connectivity index (χ3n) is 11.9. The number of hydrogen-bond donors (Lipinski definition) is 0. The fraction of sp³-hybridized carbons (Fsp3) is 0.844. The highest BCUT2D eigenvalue weighted by Crippen LogP contribution is 2.72. The fourth-order valence-electron chi connectivity index (χ4n) is 9.86. The molecule has 2 unspecified atom stereocenters. The molecule has 0 heterocycles. The van der Waals surface area contributed by atoms with Gasteiger partial charge in [0.05, 0.1) is 0 Å². The Labute approximate surface area is 210 Å². The molecule has 0 aromatic heterocycles. The van der Waals surface area contributed by atoms with Crippen LogP contribution in [0, 0.1) is 39.4 Å². The molecule has 0 bridgehead atoms. The largest absolute Gasteiger partial charge is 0.462 e. The first-order valence-electron chi connectivity index (χ1n) is 14.3. The molecule has 0 N–H and O–H groups in total. The Bertz CT molecular complexity index is 873. The van der Waals surface area contributed by atoms with E-state index in [4.69, 9.17) is 4.74 Å². The molecular formula is C32H52O2. The van der Waals surface area contributed by atoms with Gasteiger partial charge >= 0.3 is 5.97 Å². The van der Waals surface area contributed by atoms with Gasteiger partial charge in [-0.25, -0.2) is 0 Å². The first-order chi connectivity index (χ1) is 15.8. The molecule has 0 amide bonds. The van der Waals surface area contributed by atoms with Crippen LogP contribution in [-0.2, 0) is 9.53 Å². The molecule has 0 saturated heterocycles. The molecule has 4 aliphatic carbocycles. The zero-order valence-electron chi connectivity index (χ0n) is 23.8. The SMILES string of the molecule is CC(=O)OC1CC[C@]2(C)C3=C(CCC2C1(C)C)[C@]1(C)CC[C@H]([C@H](C)CCC=C(C)C)[C@@]1(C)CC3. The van der Waals surface area contributed by atoms with Crippen LogP contribution in [0.3, 0.4) is 0 Å². The maximum atomic E-state index is 11.8. The zero-order chi connectivity index (χ0) is 25.1. The number of carbonyl (C=O) groups excluding carboxylic acids is 1. The van der Waals surface area contributed by atoms with Crippen LogP contribution in [0.4, 0.5) is 0 Å². The molecule has 0 radical (unpaired) electrons. The zero-order valence-corrected chi connectivity index (χ0v) is 23.8. The van der Waals surface area contributed by atoms with Crippen molar-refractivity contribution in [3.05, 3.63) is 22.8 Å². The molecule has 4 aliphatic rings. The number of hydrogen-bond acceptors (Lipinski definition) is 2. The van der Waals surface area contributed by atoms with Crippen LogP contribution in [0.5, 0.6) is 0 Å². The van der Waals surface area contributed by atoms with Crippen LogP contribution in [0.15, 0.2) is 22.8 Å². The quantitative estimate of drug-likeness (QED) is 0.297. The number of carbonyl (C=O) groups is 1. The summed E-state index contributed by atoms with van der Waals surface area (Å²) in [6.07, 6.45) is 15.2. The van der Waals surface area contributed by atoms with Gasteiger partial charge in [0.2, 0.25) is 0 Å². The van der Waals surface area contributed by atoms with Crippen molar-refractivity contribution >= 4 is 5.97 Å². The second kappa shape index (κ2) is 8.81. The Hall–Kier alpha value is -1.05. The second-order valence-corrected chi connectivity index (χ2v) is 14.2. The van der Waals surface area contributed by atoms with Crippen LogP contribution < -0.4 is 0 Å². The first kappa shape index (κ1) is 26.0. The van der Waals surface area contributed by atoms with Crippen LogP contribution >= 0.6 is 0 Å². The highest BCUT2D eigenvalue weighted by atomic mass is 16.5. The highest BCUT2D eigenvalue weighted by Gasteiger charge is 2.63. The summed E-state index contributed by atoms with van der Waals surface area (Å²) in [6, 6.07) is 0. The van der Waals surface area contributed by atoms with Crippen LogP contribution in [-0.4, -0.2) is 12.1 Å². The van der Waals surface area contributed by atoms with E-state index in [0.717, 1.165) is 18.3 Å². The van der Waals surface area contributed by atoms with Crippen molar-refractivity contribution in [2.75, 3.05) is 0 Å². The summed E-state index contributed by atoms with van der Waals surface area (Å²) in [4.78, 5) is 11.8. The van der Waals surface area contributed by atoms with E-state index >= 15 is 0 Å². The van der Waals surface area contributed by atoms with E-state index in [1.807, 2.05) is 11.1 Å². The summed E-state index contributed by atoms with van der Waals surface area (Å²) >= 11 is 0. The summed E-state index contributed by atoms with van der Waals surface area (Å²) in [6.45, 7) is 21.2. The number of rotatable bonds is 5. The van der Waals surface area contributed by atoms with Gasteiger partial charge < -0.3 is 4.74 Å². The van der Waals surface area contributed by atoms with E-state index in [1.54, 1.807) is 6.92 Å². The van der Waals surface area contributed by atoms with Crippen molar-refractivity contribution in [3.63, 3.8) is 0 Å². The normalized spacial score (nSPS) is 41.7. The molecule has 2 nitrogen and oxygen atoms in total. The monoisotopic (exact) mass is 468 g/mol. The Kier molecular flexibility index (Phi) is 6.74. The minimum Gasteiger partial charge on any atom is -0.462 e. The minimum atomic E-state index is -0.117. The standard InChI is InChI=1S/C32H52O2/c1-21(2)11-10-12-22(3)24-15-19-32(9)26-13-14-27-29(5,6)28(34-23(4)33)17-18-30(27,7)25(26)16-20-31(24,32)8/h11,22,24,27-28H,10,12-20H2,1-9H3/t22-,24-,27?,28?,30-,31-,32+/m1/s1. The lowest BCUT2D eigenvalue weighted by atomic mass is 9.43. The maximum Gasteiger partial charge on any atom is 0.302 e. The second-order valence-electron chi connectivity index (χ2n) is 14.2.